The highest BCUT2D eigenvalue weighted by molar-refractivity contribution is 5.94. The number of β-lactam (4-membered cyclic amide) rings is 1. The normalized spacial score (nSPS) is 18.7. The van der Waals surface area contributed by atoms with E-state index < -0.39 is 12.1 Å². The van der Waals surface area contributed by atoms with Crippen LogP contribution in [0.15, 0.2) is 91.0 Å². The number of nitrogens with zero attached hydrogens (tertiary/aromatic N) is 1. The van der Waals surface area contributed by atoms with Crippen LogP contribution < -0.4 is 10.1 Å². The zero-order valence-corrected chi connectivity index (χ0v) is 16.9. The van der Waals surface area contributed by atoms with Crippen molar-refractivity contribution in [2.45, 2.75) is 18.2 Å². The van der Waals surface area contributed by atoms with E-state index in [0.29, 0.717) is 5.75 Å². The molecule has 0 bridgehead atoms. The number of aliphatic hydroxyl groups is 1. The van der Waals surface area contributed by atoms with Crippen molar-refractivity contribution in [2.75, 3.05) is 13.2 Å². The fourth-order valence-electron chi connectivity index (χ4n) is 3.76. The fourth-order valence-corrected chi connectivity index (χ4v) is 3.76. The number of β-amino-alcohol motifs (C(OH)–C–C–N with tert-alkyl or cyclic N) is 1. The van der Waals surface area contributed by atoms with Crippen molar-refractivity contribution in [1.29, 1.82) is 0 Å². The van der Waals surface area contributed by atoms with Crippen LogP contribution in [0.4, 0.5) is 0 Å². The quantitative estimate of drug-likeness (QED) is 0.554. The van der Waals surface area contributed by atoms with Crippen LogP contribution in [0.3, 0.4) is 0 Å². The summed E-state index contributed by atoms with van der Waals surface area (Å²) in [4.78, 5) is 26.9. The average molecular weight is 416 g/mol. The predicted octanol–water partition coefficient (Wildman–Crippen LogP) is 2.87. The monoisotopic (exact) mass is 416 g/mol. The number of hydrogen-bond donors (Lipinski definition) is 2. The molecule has 0 radical (unpaired) electrons. The van der Waals surface area contributed by atoms with E-state index in [1.165, 1.54) is 0 Å². The Morgan fingerprint density at radius 3 is 2.16 bits per heavy atom. The molecule has 1 aliphatic rings. The molecule has 0 saturated carbocycles. The molecule has 3 atom stereocenters. The summed E-state index contributed by atoms with van der Waals surface area (Å²) in [6.07, 6.45) is -0.811. The van der Waals surface area contributed by atoms with Gasteiger partial charge in [-0.1, -0.05) is 78.9 Å². The van der Waals surface area contributed by atoms with Crippen LogP contribution in [0.2, 0.25) is 0 Å². The highest BCUT2D eigenvalue weighted by Gasteiger charge is 2.49. The van der Waals surface area contributed by atoms with Crippen LogP contribution in [0.25, 0.3) is 0 Å². The topological polar surface area (TPSA) is 78.9 Å². The molecule has 0 aromatic heterocycles. The van der Waals surface area contributed by atoms with Gasteiger partial charge in [-0.15, -0.1) is 0 Å². The van der Waals surface area contributed by atoms with E-state index in [1.54, 1.807) is 17.0 Å². The molecule has 2 N–H and O–H groups in total. The summed E-state index contributed by atoms with van der Waals surface area (Å²) in [7, 11) is 0. The Balaban J connectivity index is 1.44. The Bertz CT molecular complexity index is 1010. The molecular weight excluding hydrogens is 392 g/mol. The molecule has 1 heterocycles. The van der Waals surface area contributed by atoms with Gasteiger partial charge in [0.25, 0.3) is 5.91 Å². The summed E-state index contributed by atoms with van der Waals surface area (Å²) in [6, 6.07) is 26.7. The Morgan fingerprint density at radius 2 is 1.52 bits per heavy atom. The van der Waals surface area contributed by atoms with Crippen molar-refractivity contribution in [2.24, 2.45) is 0 Å². The number of aliphatic hydroxyl groups excluding tert-OH is 1. The lowest BCUT2D eigenvalue weighted by Crippen LogP contribution is -2.66. The molecule has 6 nitrogen and oxygen atoms in total. The number of ether oxygens (including phenoxy) is 1. The first-order valence-corrected chi connectivity index (χ1v) is 10.2. The lowest BCUT2D eigenvalue weighted by molar-refractivity contribution is -0.156. The van der Waals surface area contributed by atoms with E-state index in [1.807, 2.05) is 78.9 Å². The predicted molar refractivity (Wildman–Crippen MR) is 116 cm³/mol. The molecule has 3 aromatic rings. The van der Waals surface area contributed by atoms with E-state index in [2.05, 4.69) is 5.32 Å². The molecule has 31 heavy (non-hydrogen) atoms. The van der Waals surface area contributed by atoms with E-state index in [-0.39, 0.29) is 31.0 Å². The summed E-state index contributed by atoms with van der Waals surface area (Å²) in [5.74, 6) is -0.00640. The molecule has 158 valence electrons. The molecule has 1 aliphatic heterocycles. The number of carbonyl (C=O) groups excluding carboxylic acids is 2. The number of para-hydroxylation sites is 1. The summed E-state index contributed by atoms with van der Waals surface area (Å²) >= 11 is 0. The van der Waals surface area contributed by atoms with Gasteiger partial charge >= 0.3 is 0 Å². The maximum atomic E-state index is 12.9. The molecule has 3 unspecified atom stereocenters. The summed E-state index contributed by atoms with van der Waals surface area (Å²) in [6.45, 7) is -0.0305. The molecule has 2 amide bonds. The molecule has 0 spiro atoms. The highest BCUT2D eigenvalue weighted by Crippen LogP contribution is 2.36. The molecule has 0 aliphatic carbocycles. The van der Waals surface area contributed by atoms with Crippen molar-refractivity contribution in [1.82, 2.24) is 10.2 Å². The minimum atomic E-state index is -0.811. The van der Waals surface area contributed by atoms with E-state index in [9.17, 15) is 14.7 Å². The molecule has 1 saturated heterocycles. The minimum Gasteiger partial charge on any atom is -0.484 e. The van der Waals surface area contributed by atoms with Crippen molar-refractivity contribution < 1.29 is 19.4 Å². The first kappa shape index (κ1) is 20.6. The maximum Gasteiger partial charge on any atom is 0.258 e. The zero-order chi connectivity index (χ0) is 21.6. The Morgan fingerprint density at radius 1 is 0.935 bits per heavy atom. The standard InChI is InChI=1S/C25H24N2O4/c28-21(18-10-4-1-5-11-18)16-27-24(19-12-6-2-7-13-19)23(25(27)30)26-22(29)17-31-20-14-8-3-9-15-20/h1-15,21,23-24,28H,16-17H2,(H,26,29). The number of rotatable bonds is 8. The summed E-state index contributed by atoms with van der Waals surface area (Å²) < 4.78 is 5.49. The fraction of sp³-hybridized carbons (Fsp3) is 0.200. The summed E-state index contributed by atoms with van der Waals surface area (Å²) in [5.41, 5.74) is 1.64. The molecule has 6 heteroatoms. The van der Waals surface area contributed by atoms with Gasteiger partial charge in [0, 0.05) is 0 Å². The molecule has 1 fully saturated rings. The van der Waals surface area contributed by atoms with Crippen LogP contribution in [0.5, 0.6) is 5.75 Å². The third-order valence-electron chi connectivity index (χ3n) is 5.33. The first-order chi connectivity index (χ1) is 15.1. The van der Waals surface area contributed by atoms with Gasteiger partial charge in [-0.2, -0.15) is 0 Å². The van der Waals surface area contributed by atoms with Gasteiger partial charge < -0.3 is 20.1 Å². The van der Waals surface area contributed by atoms with Crippen LogP contribution in [0.1, 0.15) is 23.3 Å². The largest absolute Gasteiger partial charge is 0.484 e. The molecule has 3 aromatic carbocycles. The van der Waals surface area contributed by atoms with Gasteiger partial charge in [-0.3, -0.25) is 9.59 Å². The van der Waals surface area contributed by atoms with Crippen molar-refractivity contribution in [3.8, 4) is 5.75 Å². The lowest BCUT2D eigenvalue weighted by Gasteiger charge is -2.48. The minimum absolute atomic E-state index is 0.148. The smallest absolute Gasteiger partial charge is 0.258 e. The number of nitrogens with one attached hydrogen (secondary N) is 1. The Labute approximate surface area is 181 Å². The van der Waals surface area contributed by atoms with Crippen LogP contribution >= 0.6 is 0 Å². The van der Waals surface area contributed by atoms with Crippen molar-refractivity contribution in [3.63, 3.8) is 0 Å². The van der Waals surface area contributed by atoms with E-state index in [4.69, 9.17) is 4.74 Å². The van der Waals surface area contributed by atoms with E-state index in [0.717, 1.165) is 11.1 Å². The third-order valence-corrected chi connectivity index (χ3v) is 5.33. The number of carbonyl (C=O) groups is 2. The van der Waals surface area contributed by atoms with Crippen molar-refractivity contribution >= 4 is 11.8 Å². The molecule has 4 rings (SSSR count). The average Bonchev–Trinajstić information content (AvgIpc) is 2.83. The van der Waals surface area contributed by atoms with Crippen LogP contribution in [0, 0.1) is 0 Å². The van der Waals surface area contributed by atoms with Gasteiger partial charge in [-0.25, -0.2) is 0 Å². The second-order valence-corrected chi connectivity index (χ2v) is 7.42. The van der Waals surface area contributed by atoms with Gasteiger partial charge in [-0.05, 0) is 23.3 Å². The third kappa shape index (κ3) is 4.75. The van der Waals surface area contributed by atoms with Crippen molar-refractivity contribution in [3.05, 3.63) is 102 Å². The Kier molecular flexibility index (Phi) is 6.29. The SMILES string of the molecule is O=C(COc1ccccc1)NC1C(=O)N(CC(O)c2ccccc2)C1c1ccccc1. The number of hydrogen-bond acceptors (Lipinski definition) is 4. The number of amides is 2. The summed E-state index contributed by atoms with van der Waals surface area (Å²) in [5, 5.41) is 13.4. The molecular formula is C25H24N2O4. The van der Waals surface area contributed by atoms with Gasteiger partial charge in [0.15, 0.2) is 6.61 Å². The zero-order valence-electron chi connectivity index (χ0n) is 16.9. The van der Waals surface area contributed by atoms with Crippen LogP contribution in [-0.2, 0) is 9.59 Å². The second-order valence-electron chi connectivity index (χ2n) is 7.42. The Hall–Kier alpha value is -3.64. The second kappa shape index (κ2) is 9.45. The first-order valence-electron chi connectivity index (χ1n) is 10.2. The van der Waals surface area contributed by atoms with Gasteiger partial charge in [0.05, 0.1) is 18.7 Å². The maximum absolute atomic E-state index is 12.9. The van der Waals surface area contributed by atoms with E-state index >= 15 is 0 Å². The highest BCUT2D eigenvalue weighted by atomic mass is 16.5. The number of benzene rings is 3. The van der Waals surface area contributed by atoms with Crippen LogP contribution in [-0.4, -0.2) is 41.0 Å². The van der Waals surface area contributed by atoms with Gasteiger partial charge in [0.2, 0.25) is 5.91 Å². The lowest BCUT2D eigenvalue weighted by atomic mass is 9.87. The van der Waals surface area contributed by atoms with Gasteiger partial charge in [0.1, 0.15) is 11.8 Å². The number of likely N-dealkylation sites (tertiary alicyclic amines) is 1.